The van der Waals surface area contributed by atoms with Crippen LogP contribution in [0.15, 0.2) is 54.6 Å². The molecule has 0 fully saturated rings. The lowest BCUT2D eigenvalue weighted by Gasteiger charge is -2.23. The fourth-order valence-electron chi connectivity index (χ4n) is 2.62. The van der Waals surface area contributed by atoms with E-state index in [-0.39, 0.29) is 30.8 Å². The van der Waals surface area contributed by atoms with E-state index < -0.39 is 0 Å². The van der Waals surface area contributed by atoms with Gasteiger partial charge in [0, 0.05) is 31.0 Å². The van der Waals surface area contributed by atoms with Crippen molar-refractivity contribution in [2.75, 3.05) is 42.2 Å². The highest BCUT2D eigenvalue weighted by Gasteiger charge is 2.17. The quantitative estimate of drug-likeness (QED) is 0.735. The molecule has 0 saturated carbocycles. The zero-order valence-electron chi connectivity index (χ0n) is 16.4. The minimum absolute atomic E-state index is 0.0829. The first-order valence-corrected chi connectivity index (χ1v) is 9.10. The Morgan fingerprint density at radius 2 is 1.43 bits per heavy atom. The first kappa shape index (κ1) is 21.1. The maximum absolute atomic E-state index is 12.5. The number of likely N-dealkylation sites (N-methyl/N-ethyl adjacent to an activating group) is 2. The number of amides is 3. The van der Waals surface area contributed by atoms with Crippen LogP contribution in [0.5, 0.6) is 0 Å². The standard InChI is InChI=1S/C21H26N4O3/c1-4-25(15-21(28)24(3)19-8-6-5-7-9-19)14-20(27)23-18-12-10-17(11-13-18)22-16(2)26/h5-13H,4,14-15H2,1-3H3,(H,22,26)(H,23,27). The first-order valence-electron chi connectivity index (χ1n) is 9.10. The molecule has 0 aromatic heterocycles. The summed E-state index contributed by atoms with van der Waals surface area (Å²) in [4.78, 5) is 39.2. The molecule has 0 aliphatic carbocycles. The average molecular weight is 382 g/mol. The van der Waals surface area contributed by atoms with Crippen molar-refractivity contribution in [1.29, 1.82) is 0 Å². The molecule has 7 heteroatoms. The van der Waals surface area contributed by atoms with Crippen LogP contribution < -0.4 is 15.5 Å². The molecule has 0 bridgehead atoms. The van der Waals surface area contributed by atoms with Gasteiger partial charge in [0.15, 0.2) is 0 Å². The molecular weight excluding hydrogens is 356 g/mol. The van der Waals surface area contributed by atoms with Crippen molar-refractivity contribution in [2.24, 2.45) is 0 Å². The number of anilines is 3. The monoisotopic (exact) mass is 382 g/mol. The van der Waals surface area contributed by atoms with E-state index in [1.54, 1.807) is 41.1 Å². The number of para-hydroxylation sites is 1. The molecule has 0 radical (unpaired) electrons. The van der Waals surface area contributed by atoms with Crippen molar-refractivity contribution in [3.8, 4) is 0 Å². The third-order valence-corrected chi connectivity index (χ3v) is 4.18. The lowest BCUT2D eigenvalue weighted by atomic mass is 10.2. The predicted octanol–water partition coefficient (Wildman–Crippen LogP) is 2.57. The lowest BCUT2D eigenvalue weighted by Crippen LogP contribution is -2.41. The van der Waals surface area contributed by atoms with E-state index in [0.717, 1.165) is 5.69 Å². The molecule has 148 valence electrons. The molecule has 2 N–H and O–H groups in total. The van der Waals surface area contributed by atoms with Gasteiger partial charge < -0.3 is 15.5 Å². The van der Waals surface area contributed by atoms with Gasteiger partial charge in [-0.2, -0.15) is 0 Å². The third kappa shape index (κ3) is 6.51. The summed E-state index contributed by atoms with van der Waals surface area (Å²) in [6, 6.07) is 16.2. The second kappa shape index (κ2) is 10.2. The molecule has 0 spiro atoms. The lowest BCUT2D eigenvalue weighted by molar-refractivity contribution is -0.121. The van der Waals surface area contributed by atoms with Crippen LogP contribution >= 0.6 is 0 Å². The van der Waals surface area contributed by atoms with E-state index in [0.29, 0.717) is 17.9 Å². The zero-order valence-corrected chi connectivity index (χ0v) is 16.4. The van der Waals surface area contributed by atoms with Crippen molar-refractivity contribution >= 4 is 34.8 Å². The second-order valence-electron chi connectivity index (χ2n) is 6.40. The molecule has 2 rings (SSSR count). The van der Waals surface area contributed by atoms with E-state index in [9.17, 15) is 14.4 Å². The van der Waals surface area contributed by atoms with E-state index in [2.05, 4.69) is 10.6 Å². The number of nitrogens with one attached hydrogen (secondary N) is 2. The Morgan fingerprint density at radius 3 is 1.96 bits per heavy atom. The van der Waals surface area contributed by atoms with E-state index in [1.807, 2.05) is 37.3 Å². The van der Waals surface area contributed by atoms with Crippen LogP contribution in [0.4, 0.5) is 17.1 Å². The molecule has 28 heavy (non-hydrogen) atoms. The fraction of sp³-hybridized carbons (Fsp3) is 0.286. The van der Waals surface area contributed by atoms with Gasteiger partial charge in [-0.05, 0) is 42.9 Å². The molecule has 0 atom stereocenters. The molecule has 0 aliphatic rings. The maximum atomic E-state index is 12.5. The summed E-state index contributed by atoms with van der Waals surface area (Å²) >= 11 is 0. The highest BCUT2D eigenvalue weighted by Crippen LogP contribution is 2.14. The van der Waals surface area contributed by atoms with Crippen LogP contribution in [0.3, 0.4) is 0 Å². The summed E-state index contributed by atoms with van der Waals surface area (Å²) in [5.74, 6) is -0.440. The predicted molar refractivity (Wildman–Crippen MR) is 111 cm³/mol. The van der Waals surface area contributed by atoms with Gasteiger partial charge in [0.05, 0.1) is 13.1 Å². The van der Waals surface area contributed by atoms with Gasteiger partial charge in [0.1, 0.15) is 0 Å². The summed E-state index contributed by atoms with van der Waals surface area (Å²) in [6.45, 7) is 4.18. The Hall–Kier alpha value is -3.19. The Labute approximate surface area is 165 Å². The minimum Gasteiger partial charge on any atom is -0.326 e. The number of hydrogen-bond acceptors (Lipinski definition) is 4. The SMILES string of the molecule is CCN(CC(=O)Nc1ccc(NC(C)=O)cc1)CC(=O)N(C)c1ccccc1. The van der Waals surface area contributed by atoms with Crippen molar-refractivity contribution in [3.63, 3.8) is 0 Å². The van der Waals surface area contributed by atoms with Crippen LogP contribution in [0.1, 0.15) is 13.8 Å². The van der Waals surface area contributed by atoms with Gasteiger partial charge in [-0.25, -0.2) is 0 Å². The van der Waals surface area contributed by atoms with Crippen molar-refractivity contribution in [3.05, 3.63) is 54.6 Å². The number of carbonyl (C=O) groups excluding carboxylic acids is 3. The van der Waals surface area contributed by atoms with Crippen LogP contribution in [-0.2, 0) is 14.4 Å². The number of hydrogen-bond donors (Lipinski definition) is 2. The van der Waals surface area contributed by atoms with Crippen molar-refractivity contribution in [1.82, 2.24) is 4.90 Å². The molecule has 7 nitrogen and oxygen atoms in total. The second-order valence-corrected chi connectivity index (χ2v) is 6.40. The highest BCUT2D eigenvalue weighted by atomic mass is 16.2. The Morgan fingerprint density at radius 1 is 0.857 bits per heavy atom. The number of nitrogens with zero attached hydrogens (tertiary/aromatic N) is 2. The van der Waals surface area contributed by atoms with Gasteiger partial charge in [-0.15, -0.1) is 0 Å². The van der Waals surface area contributed by atoms with Gasteiger partial charge >= 0.3 is 0 Å². The van der Waals surface area contributed by atoms with Gasteiger partial charge in [0.2, 0.25) is 17.7 Å². The number of rotatable bonds is 8. The molecular formula is C21H26N4O3. The summed E-state index contributed by atoms with van der Waals surface area (Å²) in [6.07, 6.45) is 0. The maximum Gasteiger partial charge on any atom is 0.240 e. The summed E-state index contributed by atoms with van der Waals surface area (Å²) in [5.41, 5.74) is 2.10. The Balaban J connectivity index is 1.88. The molecule has 0 saturated heterocycles. The van der Waals surface area contributed by atoms with Crippen LogP contribution in [0.2, 0.25) is 0 Å². The summed E-state index contributed by atoms with van der Waals surface area (Å²) in [5, 5.41) is 5.47. The van der Waals surface area contributed by atoms with Crippen molar-refractivity contribution in [2.45, 2.75) is 13.8 Å². The number of carbonyl (C=O) groups is 3. The van der Waals surface area contributed by atoms with Crippen LogP contribution in [-0.4, -0.2) is 49.3 Å². The zero-order chi connectivity index (χ0) is 20.5. The van der Waals surface area contributed by atoms with Gasteiger partial charge in [-0.3, -0.25) is 19.3 Å². The van der Waals surface area contributed by atoms with E-state index >= 15 is 0 Å². The van der Waals surface area contributed by atoms with Crippen LogP contribution in [0.25, 0.3) is 0 Å². The normalized spacial score (nSPS) is 10.4. The molecule has 0 heterocycles. The Kier molecular flexibility index (Phi) is 7.71. The van der Waals surface area contributed by atoms with E-state index in [1.165, 1.54) is 6.92 Å². The molecule has 0 unspecified atom stereocenters. The molecule has 0 aliphatic heterocycles. The molecule has 2 aromatic carbocycles. The molecule has 3 amide bonds. The van der Waals surface area contributed by atoms with Crippen LogP contribution in [0, 0.1) is 0 Å². The fourth-order valence-corrected chi connectivity index (χ4v) is 2.62. The highest BCUT2D eigenvalue weighted by molar-refractivity contribution is 5.96. The largest absolute Gasteiger partial charge is 0.326 e. The van der Waals surface area contributed by atoms with Gasteiger partial charge in [0.25, 0.3) is 0 Å². The first-order chi connectivity index (χ1) is 13.4. The summed E-state index contributed by atoms with van der Waals surface area (Å²) < 4.78 is 0. The Bertz CT molecular complexity index is 806. The minimum atomic E-state index is -0.204. The average Bonchev–Trinajstić information content (AvgIpc) is 2.68. The third-order valence-electron chi connectivity index (χ3n) is 4.18. The smallest absolute Gasteiger partial charge is 0.240 e. The van der Waals surface area contributed by atoms with Gasteiger partial charge in [-0.1, -0.05) is 25.1 Å². The number of benzene rings is 2. The van der Waals surface area contributed by atoms with Crippen molar-refractivity contribution < 1.29 is 14.4 Å². The molecule has 2 aromatic rings. The van der Waals surface area contributed by atoms with E-state index in [4.69, 9.17) is 0 Å². The summed E-state index contributed by atoms with van der Waals surface area (Å²) in [7, 11) is 1.72. The topological polar surface area (TPSA) is 81.8 Å².